The number of amides is 1. The Morgan fingerprint density at radius 3 is 2.60 bits per heavy atom. The number of nitrogens with one attached hydrogen (secondary N) is 1. The topological polar surface area (TPSA) is 49.3 Å². The summed E-state index contributed by atoms with van der Waals surface area (Å²) in [4.78, 5) is 10.1. The molecule has 0 fully saturated rings. The number of halogens is 2. The Kier molecular flexibility index (Phi) is 4.74. The van der Waals surface area contributed by atoms with E-state index in [-0.39, 0.29) is 13.2 Å². The van der Waals surface area contributed by atoms with Crippen LogP contribution in [0.25, 0.3) is 0 Å². The second-order valence-electron chi connectivity index (χ2n) is 1.67. The van der Waals surface area contributed by atoms with Gasteiger partial charge in [0.1, 0.15) is 0 Å². The van der Waals surface area contributed by atoms with E-state index >= 15 is 0 Å². The Morgan fingerprint density at radius 2 is 2.20 bits per heavy atom. The molecule has 0 aliphatic heterocycles. The van der Waals surface area contributed by atoms with E-state index in [4.69, 9.17) is 5.11 Å². The molecule has 3 nitrogen and oxygen atoms in total. The molecule has 0 radical (unpaired) electrons. The number of carbonyl (C=O) groups excluding carboxylic acids is 1. The van der Waals surface area contributed by atoms with Crippen LogP contribution in [0.5, 0.6) is 0 Å². The minimum atomic E-state index is -2.96. The van der Waals surface area contributed by atoms with Crippen molar-refractivity contribution in [2.75, 3.05) is 13.2 Å². The predicted molar refractivity (Wildman–Crippen MR) is 30.7 cm³/mol. The Hall–Kier alpha value is -0.710. The van der Waals surface area contributed by atoms with Crippen LogP contribution in [0.15, 0.2) is 0 Å². The molecule has 0 unspecified atom stereocenters. The number of hydrogen-bond acceptors (Lipinski definition) is 2. The van der Waals surface area contributed by atoms with Crippen molar-refractivity contribution < 1.29 is 18.7 Å². The summed E-state index contributed by atoms with van der Waals surface area (Å²) >= 11 is 0. The molecule has 0 spiro atoms. The molecule has 10 heavy (non-hydrogen) atoms. The standard InChI is InChI=1S/C5H9F2NO2/c6-4(7)5(10)8-2-1-3-9/h4,9H,1-3H2,(H,8,10). The van der Waals surface area contributed by atoms with Crippen molar-refractivity contribution in [3.05, 3.63) is 0 Å². The molecule has 0 heterocycles. The molecule has 2 N–H and O–H groups in total. The van der Waals surface area contributed by atoms with Crippen molar-refractivity contribution in [3.63, 3.8) is 0 Å². The van der Waals surface area contributed by atoms with E-state index in [1.807, 2.05) is 5.32 Å². The zero-order chi connectivity index (χ0) is 7.98. The highest BCUT2D eigenvalue weighted by Gasteiger charge is 2.12. The number of aliphatic hydroxyl groups is 1. The Morgan fingerprint density at radius 1 is 1.60 bits per heavy atom. The van der Waals surface area contributed by atoms with Gasteiger partial charge in [-0.1, -0.05) is 0 Å². The van der Waals surface area contributed by atoms with Gasteiger partial charge >= 0.3 is 6.43 Å². The first kappa shape index (κ1) is 9.29. The van der Waals surface area contributed by atoms with Crippen LogP contribution in [-0.2, 0) is 4.79 Å². The van der Waals surface area contributed by atoms with Gasteiger partial charge in [-0.25, -0.2) is 0 Å². The molecule has 1 amide bonds. The number of hydrogen-bond donors (Lipinski definition) is 2. The van der Waals surface area contributed by atoms with Gasteiger partial charge in [-0.3, -0.25) is 4.79 Å². The first-order chi connectivity index (χ1) is 4.68. The molecule has 60 valence electrons. The fourth-order valence-corrected chi connectivity index (χ4v) is 0.368. The van der Waals surface area contributed by atoms with Gasteiger partial charge in [0.15, 0.2) is 0 Å². The zero-order valence-corrected chi connectivity index (χ0v) is 5.31. The van der Waals surface area contributed by atoms with Gasteiger partial charge in [-0.05, 0) is 6.42 Å². The van der Waals surface area contributed by atoms with E-state index < -0.39 is 12.3 Å². The summed E-state index contributed by atoms with van der Waals surface area (Å²) in [6.07, 6.45) is -2.66. The average Bonchev–Trinajstić information content (AvgIpc) is 1.88. The lowest BCUT2D eigenvalue weighted by Crippen LogP contribution is -2.30. The van der Waals surface area contributed by atoms with E-state index in [1.165, 1.54) is 0 Å². The summed E-state index contributed by atoms with van der Waals surface area (Å²) in [6.45, 7) is -0.0107. The predicted octanol–water partition coefficient (Wildman–Crippen LogP) is -0.250. The van der Waals surface area contributed by atoms with Crippen molar-refractivity contribution in [2.45, 2.75) is 12.8 Å². The molecule has 0 atom stereocenters. The highest BCUT2D eigenvalue weighted by atomic mass is 19.3. The lowest BCUT2D eigenvalue weighted by atomic mass is 10.4. The van der Waals surface area contributed by atoms with E-state index in [0.717, 1.165) is 0 Å². The van der Waals surface area contributed by atoms with Gasteiger partial charge in [0, 0.05) is 13.2 Å². The maximum Gasteiger partial charge on any atom is 0.315 e. The molecule has 5 heteroatoms. The van der Waals surface area contributed by atoms with Crippen LogP contribution in [0.3, 0.4) is 0 Å². The molecule has 0 rings (SSSR count). The van der Waals surface area contributed by atoms with Gasteiger partial charge in [-0.2, -0.15) is 8.78 Å². The smallest absolute Gasteiger partial charge is 0.315 e. The zero-order valence-electron chi connectivity index (χ0n) is 5.31. The molecular weight excluding hydrogens is 144 g/mol. The van der Waals surface area contributed by atoms with E-state index in [2.05, 4.69) is 0 Å². The third kappa shape index (κ3) is 4.20. The molecule has 0 bridgehead atoms. The molecule has 0 saturated heterocycles. The summed E-state index contributed by atoms with van der Waals surface area (Å²) in [6, 6.07) is 0. The van der Waals surface area contributed by atoms with Crippen molar-refractivity contribution in [1.82, 2.24) is 5.32 Å². The average molecular weight is 153 g/mol. The van der Waals surface area contributed by atoms with E-state index in [9.17, 15) is 13.6 Å². The van der Waals surface area contributed by atoms with Crippen LogP contribution in [-0.4, -0.2) is 30.6 Å². The van der Waals surface area contributed by atoms with Gasteiger partial charge in [0.25, 0.3) is 5.91 Å². The second kappa shape index (κ2) is 5.10. The van der Waals surface area contributed by atoms with Crippen LogP contribution in [0, 0.1) is 0 Å². The number of aliphatic hydroxyl groups excluding tert-OH is 1. The van der Waals surface area contributed by atoms with E-state index in [0.29, 0.717) is 6.42 Å². The monoisotopic (exact) mass is 153 g/mol. The molecule has 0 saturated carbocycles. The summed E-state index contributed by atoms with van der Waals surface area (Å²) in [5.41, 5.74) is 0. The Labute approximate surface area is 57.0 Å². The van der Waals surface area contributed by atoms with Gasteiger partial charge in [-0.15, -0.1) is 0 Å². The fourth-order valence-electron chi connectivity index (χ4n) is 0.368. The van der Waals surface area contributed by atoms with E-state index in [1.54, 1.807) is 0 Å². The molecule has 0 aliphatic carbocycles. The number of alkyl halides is 2. The van der Waals surface area contributed by atoms with Gasteiger partial charge < -0.3 is 10.4 Å². The summed E-state index contributed by atoms with van der Waals surface area (Å²) in [7, 11) is 0. The first-order valence-electron chi connectivity index (χ1n) is 2.85. The molecule has 0 aromatic rings. The molecular formula is C5H9F2NO2. The molecule has 0 aliphatic rings. The highest BCUT2D eigenvalue weighted by molar-refractivity contribution is 5.78. The maximum absolute atomic E-state index is 11.4. The molecule has 0 aromatic heterocycles. The lowest BCUT2D eigenvalue weighted by molar-refractivity contribution is -0.131. The van der Waals surface area contributed by atoms with Crippen LogP contribution in [0.2, 0.25) is 0 Å². The normalized spacial score (nSPS) is 10.0. The third-order valence-electron chi connectivity index (χ3n) is 0.832. The number of carbonyl (C=O) groups is 1. The van der Waals surface area contributed by atoms with Gasteiger partial charge in [0.05, 0.1) is 0 Å². The summed E-state index contributed by atoms with van der Waals surface area (Å²) in [5, 5.41) is 10.1. The summed E-state index contributed by atoms with van der Waals surface area (Å²) in [5.74, 6) is -1.28. The fraction of sp³-hybridized carbons (Fsp3) is 0.800. The van der Waals surface area contributed by atoms with Crippen LogP contribution in [0.1, 0.15) is 6.42 Å². The Balaban J connectivity index is 3.22. The maximum atomic E-state index is 11.4. The second-order valence-corrected chi connectivity index (χ2v) is 1.67. The van der Waals surface area contributed by atoms with Crippen LogP contribution < -0.4 is 5.32 Å². The van der Waals surface area contributed by atoms with Gasteiger partial charge in [0.2, 0.25) is 0 Å². The first-order valence-corrected chi connectivity index (χ1v) is 2.85. The van der Waals surface area contributed by atoms with Crippen LogP contribution >= 0.6 is 0 Å². The Bertz CT molecular complexity index is 108. The van der Waals surface area contributed by atoms with Crippen molar-refractivity contribution >= 4 is 5.91 Å². The molecule has 0 aromatic carbocycles. The SMILES string of the molecule is O=C(NCCCO)C(F)F. The van der Waals surface area contributed by atoms with Crippen molar-refractivity contribution in [1.29, 1.82) is 0 Å². The van der Waals surface area contributed by atoms with Crippen molar-refractivity contribution in [3.8, 4) is 0 Å². The minimum Gasteiger partial charge on any atom is -0.396 e. The largest absolute Gasteiger partial charge is 0.396 e. The quantitative estimate of drug-likeness (QED) is 0.547. The lowest BCUT2D eigenvalue weighted by Gasteiger charge is -2.00. The van der Waals surface area contributed by atoms with Crippen LogP contribution in [0.4, 0.5) is 8.78 Å². The van der Waals surface area contributed by atoms with Crippen molar-refractivity contribution in [2.24, 2.45) is 0 Å². The third-order valence-corrected chi connectivity index (χ3v) is 0.832. The summed E-state index contributed by atoms with van der Waals surface area (Å²) < 4.78 is 22.8. The number of rotatable bonds is 4. The highest BCUT2D eigenvalue weighted by Crippen LogP contribution is 1.89. The minimum absolute atomic E-state index is 0.0969.